The quantitative estimate of drug-likeness (QED) is 0.706. The van der Waals surface area contributed by atoms with Gasteiger partial charge in [-0.05, 0) is 36.2 Å². The molecule has 3 aromatic rings. The van der Waals surface area contributed by atoms with Gasteiger partial charge in [0.1, 0.15) is 19.5 Å². The summed E-state index contributed by atoms with van der Waals surface area (Å²) in [5, 5.41) is 2.02. The molecule has 0 unspecified atom stereocenters. The molecular weight excluding hydrogens is 324 g/mol. The number of oxazole rings is 1. The number of hydrogen-bond donors (Lipinski definition) is 0. The lowest BCUT2D eigenvalue weighted by Crippen LogP contribution is -2.18. The van der Waals surface area contributed by atoms with Crippen molar-refractivity contribution in [3.8, 4) is 22.3 Å². The van der Waals surface area contributed by atoms with E-state index in [0.717, 1.165) is 35.2 Å². The Kier molecular flexibility index (Phi) is 4.23. The van der Waals surface area contributed by atoms with Gasteiger partial charge in [0, 0.05) is 13.1 Å². The third kappa shape index (κ3) is 3.29. The summed E-state index contributed by atoms with van der Waals surface area (Å²) in [6, 6.07) is 10.1. The highest BCUT2D eigenvalue weighted by Crippen LogP contribution is 2.31. The maximum atomic E-state index is 5.64. The third-order valence-corrected chi connectivity index (χ3v) is 4.63. The van der Waals surface area contributed by atoms with Crippen LogP contribution in [0.3, 0.4) is 0 Å². The Morgan fingerprint density at radius 2 is 2.00 bits per heavy atom. The smallest absolute Gasteiger partial charge is 0.236 e. The van der Waals surface area contributed by atoms with Crippen molar-refractivity contribution in [1.29, 1.82) is 0 Å². The fourth-order valence-electron chi connectivity index (χ4n) is 2.72. The van der Waals surface area contributed by atoms with Crippen molar-refractivity contribution in [1.82, 2.24) is 9.88 Å². The normalized spacial score (nSPS) is 13.4. The minimum atomic E-state index is 0.608. The fraction of sp³-hybridized carbons (Fsp3) is 0.278. The highest BCUT2D eigenvalue weighted by atomic mass is 32.1. The first-order valence-corrected chi connectivity index (χ1v) is 8.71. The van der Waals surface area contributed by atoms with Crippen molar-refractivity contribution in [2.75, 3.05) is 20.3 Å². The highest BCUT2D eigenvalue weighted by Gasteiger charge is 2.13. The van der Waals surface area contributed by atoms with E-state index >= 15 is 0 Å². The summed E-state index contributed by atoms with van der Waals surface area (Å²) in [5.41, 5.74) is 2.11. The van der Waals surface area contributed by atoms with Gasteiger partial charge in [-0.1, -0.05) is 12.1 Å². The van der Waals surface area contributed by atoms with Gasteiger partial charge < -0.3 is 13.9 Å². The molecule has 1 aliphatic heterocycles. The molecule has 1 aromatic carbocycles. The number of nitrogens with zero attached hydrogens (tertiary/aromatic N) is 2. The molecule has 0 amide bonds. The van der Waals surface area contributed by atoms with E-state index in [1.807, 2.05) is 29.6 Å². The lowest BCUT2D eigenvalue weighted by Gasteiger charge is -2.20. The summed E-state index contributed by atoms with van der Waals surface area (Å²) in [6.07, 6.45) is 1.73. The number of thiophene rings is 1. The predicted molar refractivity (Wildman–Crippen MR) is 92.4 cm³/mol. The number of hydrogen-bond acceptors (Lipinski definition) is 6. The van der Waals surface area contributed by atoms with E-state index in [0.29, 0.717) is 19.1 Å². The predicted octanol–water partition coefficient (Wildman–Crippen LogP) is 3.81. The van der Waals surface area contributed by atoms with Gasteiger partial charge in [-0.15, -0.1) is 11.3 Å². The van der Waals surface area contributed by atoms with E-state index in [-0.39, 0.29) is 0 Å². The molecule has 0 saturated heterocycles. The molecule has 5 nitrogen and oxygen atoms in total. The molecule has 0 bridgehead atoms. The summed E-state index contributed by atoms with van der Waals surface area (Å²) in [7, 11) is 2.07. The van der Waals surface area contributed by atoms with Gasteiger partial charge in [0.25, 0.3) is 0 Å². The molecule has 0 atom stereocenters. The monoisotopic (exact) mass is 342 g/mol. The molecule has 1 aliphatic rings. The summed E-state index contributed by atoms with van der Waals surface area (Å²) < 4.78 is 16.8. The van der Waals surface area contributed by atoms with Gasteiger partial charge in [0.15, 0.2) is 11.5 Å². The van der Waals surface area contributed by atoms with E-state index < -0.39 is 0 Å². The van der Waals surface area contributed by atoms with Crippen molar-refractivity contribution < 1.29 is 13.9 Å². The number of benzene rings is 1. The molecule has 2 aromatic heterocycles. The van der Waals surface area contributed by atoms with Crippen LogP contribution in [0.1, 0.15) is 11.3 Å². The van der Waals surface area contributed by atoms with Crippen LogP contribution in [-0.2, 0) is 13.1 Å². The van der Waals surface area contributed by atoms with E-state index in [2.05, 4.69) is 23.0 Å². The molecule has 4 rings (SSSR count). The number of fused-ring (bicyclic) bond motifs is 1. The zero-order valence-corrected chi connectivity index (χ0v) is 14.2. The summed E-state index contributed by atoms with van der Waals surface area (Å²) in [6.45, 7) is 2.75. The molecule has 0 N–H and O–H groups in total. The van der Waals surface area contributed by atoms with Gasteiger partial charge >= 0.3 is 0 Å². The van der Waals surface area contributed by atoms with E-state index in [1.165, 1.54) is 5.56 Å². The van der Waals surface area contributed by atoms with Crippen LogP contribution < -0.4 is 9.47 Å². The van der Waals surface area contributed by atoms with Crippen LogP contribution in [0.2, 0.25) is 0 Å². The topological polar surface area (TPSA) is 47.7 Å². The summed E-state index contributed by atoms with van der Waals surface area (Å²) >= 11 is 1.63. The zero-order chi connectivity index (χ0) is 16.4. The van der Waals surface area contributed by atoms with Crippen molar-refractivity contribution >= 4 is 11.3 Å². The standard InChI is InChI=1S/C18H18N2O3S/c1-20(10-13-4-5-15-16(9-13)22-7-6-21-15)11-14-12-23-18(19-14)17-3-2-8-24-17/h2-5,8-9,12H,6-7,10-11H2,1H3. The first kappa shape index (κ1) is 15.2. The molecule has 3 heterocycles. The Labute approximate surface area is 144 Å². The van der Waals surface area contributed by atoms with Crippen molar-refractivity contribution in [2.45, 2.75) is 13.1 Å². The van der Waals surface area contributed by atoms with Crippen LogP contribution in [0.15, 0.2) is 46.4 Å². The van der Waals surface area contributed by atoms with Crippen LogP contribution in [0.25, 0.3) is 10.8 Å². The van der Waals surface area contributed by atoms with E-state index in [4.69, 9.17) is 13.9 Å². The van der Waals surface area contributed by atoms with Crippen LogP contribution >= 0.6 is 11.3 Å². The molecular formula is C18H18N2O3S. The maximum Gasteiger partial charge on any atom is 0.236 e. The molecule has 0 radical (unpaired) electrons. The number of ether oxygens (including phenoxy) is 2. The maximum absolute atomic E-state index is 5.64. The Morgan fingerprint density at radius 1 is 1.12 bits per heavy atom. The van der Waals surface area contributed by atoms with Crippen molar-refractivity contribution in [2.24, 2.45) is 0 Å². The second-order valence-electron chi connectivity index (χ2n) is 5.77. The summed E-state index contributed by atoms with van der Waals surface area (Å²) in [5.74, 6) is 2.34. The van der Waals surface area contributed by atoms with Crippen molar-refractivity contribution in [3.05, 3.63) is 53.2 Å². The van der Waals surface area contributed by atoms with Gasteiger partial charge in [-0.3, -0.25) is 4.90 Å². The van der Waals surface area contributed by atoms with Crippen LogP contribution in [0, 0.1) is 0 Å². The third-order valence-electron chi connectivity index (χ3n) is 3.77. The Morgan fingerprint density at radius 3 is 2.83 bits per heavy atom. The highest BCUT2D eigenvalue weighted by molar-refractivity contribution is 7.13. The molecule has 6 heteroatoms. The van der Waals surface area contributed by atoms with Gasteiger partial charge in [0.2, 0.25) is 5.89 Å². The molecule has 0 saturated carbocycles. The van der Waals surface area contributed by atoms with Crippen molar-refractivity contribution in [3.63, 3.8) is 0 Å². The first-order valence-electron chi connectivity index (χ1n) is 7.83. The molecule has 124 valence electrons. The second-order valence-corrected chi connectivity index (χ2v) is 6.72. The fourth-order valence-corrected chi connectivity index (χ4v) is 3.38. The average molecular weight is 342 g/mol. The zero-order valence-electron chi connectivity index (χ0n) is 13.4. The first-order chi connectivity index (χ1) is 11.8. The summed E-state index contributed by atoms with van der Waals surface area (Å²) in [4.78, 5) is 7.81. The van der Waals surface area contributed by atoms with E-state index in [1.54, 1.807) is 17.6 Å². The second kappa shape index (κ2) is 6.67. The number of rotatable bonds is 5. The average Bonchev–Trinajstić information content (AvgIpc) is 3.26. The van der Waals surface area contributed by atoms with Gasteiger partial charge in [-0.25, -0.2) is 4.98 Å². The Bertz CT molecular complexity index is 814. The molecule has 0 spiro atoms. The van der Waals surface area contributed by atoms with E-state index in [9.17, 15) is 0 Å². The lowest BCUT2D eigenvalue weighted by molar-refractivity contribution is 0.171. The molecule has 0 aliphatic carbocycles. The largest absolute Gasteiger partial charge is 0.486 e. The SMILES string of the molecule is CN(Cc1ccc2c(c1)OCCO2)Cc1coc(-c2cccs2)n1. The number of aromatic nitrogens is 1. The van der Waals surface area contributed by atoms with Crippen LogP contribution in [0.4, 0.5) is 0 Å². The van der Waals surface area contributed by atoms with Crippen LogP contribution in [0.5, 0.6) is 11.5 Å². The van der Waals surface area contributed by atoms with Gasteiger partial charge in [-0.2, -0.15) is 0 Å². The van der Waals surface area contributed by atoms with Crippen LogP contribution in [-0.4, -0.2) is 30.1 Å². The molecule has 24 heavy (non-hydrogen) atoms. The Hall–Kier alpha value is -2.31. The molecule has 0 fully saturated rings. The van der Waals surface area contributed by atoms with Gasteiger partial charge in [0.05, 0.1) is 10.6 Å². The minimum Gasteiger partial charge on any atom is -0.486 e. The Balaban J connectivity index is 1.41. The minimum absolute atomic E-state index is 0.608. The lowest BCUT2D eigenvalue weighted by atomic mass is 10.2.